The fourth-order valence-corrected chi connectivity index (χ4v) is 1.82. The maximum absolute atomic E-state index is 4.03. The zero-order chi connectivity index (χ0) is 9.99. The van der Waals surface area contributed by atoms with Gasteiger partial charge in [0.05, 0.1) is 0 Å². The minimum absolute atomic E-state index is 0.0116. The van der Waals surface area contributed by atoms with Crippen molar-refractivity contribution >= 4 is 11.8 Å². The Kier molecular flexibility index (Phi) is 3.86. The zero-order valence-electron chi connectivity index (χ0n) is 9.12. The Morgan fingerprint density at radius 3 is 1.83 bits per heavy atom. The summed E-state index contributed by atoms with van der Waals surface area (Å²) >= 11 is 1.72. The highest BCUT2D eigenvalue weighted by atomic mass is 32.2. The van der Waals surface area contributed by atoms with Gasteiger partial charge in [0.2, 0.25) is 0 Å². The molecule has 2 heteroatoms. The van der Waals surface area contributed by atoms with Gasteiger partial charge in [-0.1, -0.05) is 6.58 Å². The third kappa shape index (κ3) is 4.17. The highest BCUT2D eigenvalue weighted by Crippen LogP contribution is 2.25. The molecule has 0 aromatic rings. The van der Waals surface area contributed by atoms with E-state index in [0.717, 1.165) is 0 Å². The first-order valence-electron chi connectivity index (χ1n) is 4.22. The summed E-state index contributed by atoms with van der Waals surface area (Å²) < 4.78 is 0. The van der Waals surface area contributed by atoms with Gasteiger partial charge in [-0.15, -0.1) is 11.8 Å². The van der Waals surface area contributed by atoms with Crippen molar-refractivity contribution in [3.8, 4) is 0 Å². The Labute approximate surface area is 81.0 Å². The molecule has 0 aliphatic carbocycles. The van der Waals surface area contributed by atoms with Gasteiger partial charge in [0.15, 0.2) is 0 Å². The highest BCUT2D eigenvalue weighted by Gasteiger charge is 2.26. The van der Waals surface area contributed by atoms with Gasteiger partial charge in [-0.2, -0.15) is 0 Å². The molecule has 0 atom stereocenters. The third-order valence-corrected chi connectivity index (χ3v) is 2.63. The Bertz CT molecular complexity index is 165. The normalized spacial score (nSPS) is 13.2. The fraction of sp³-hybridized carbons (Fsp3) is 0.800. The molecule has 12 heavy (non-hydrogen) atoms. The number of hydrogen-bond acceptors (Lipinski definition) is 2. The summed E-state index contributed by atoms with van der Waals surface area (Å²) in [5.74, 6) is 0. The van der Waals surface area contributed by atoms with E-state index in [9.17, 15) is 0 Å². The number of nitrogens with one attached hydrogen (secondary N) is 1. The van der Waals surface area contributed by atoms with Crippen LogP contribution in [0.2, 0.25) is 0 Å². The summed E-state index contributed by atoms with van der Waals surface area (Å²) in [6, 6.07) is 0. The molecule has 0 rings (SSSR count). The number of hydrogen-bond donors (Lipinski definition) is 1. The molecule has 0 saturated heterocycles. The van der Waals surface area contributed by atoms with Crippen molar-refractivity contribution in [3.05, 3.63) is 11.5 Å². The van der Waals surface area contributed by atoms with Crippen LogP contribution in [0.1, 0.15) is 34.6 Å². The molecular weight excluding hydrogens is 166 g/mol. The summed E-state index contributed by atoms with van der Waals surface area (Å²) in [5, 5.41) is 3.53. The summed E-state index contributed by atoms with van der Waals surface area (Å²) in [7, 11) is 0. The molecule has 0 bridgehead atoms. The van der Waals surface area contributed by atoms with E-state index in [2.05, 4.69) is 52.8 Å². The lowest BCUT2D eigenvalue weighted by molar-refractivity contribution is 0.327. The Hall–Kier alpha value is 0.0500. The van der Waals surface area contributed by atoms with Gasteiger partial charge in [0.25, 0.3) is 0 Å². The summed E-state index contributed by atoms with van der Waals surface area (Å²) in [6.45, 7) is 14.9. The van der Waals surface area contributed by atoms with Crippen LogP contribution in [0.3, 0.4) is 0 Å². The molecule has 0 fully saturated rings. The second-order valence-electron chi connectivity index (χ2n) is 4.63. The average Bonchev–Trinajstić information content (AvgIpc) is 1.80. The first-order chi connectivity index (χ1) is 5.19. The minimum atomic E-state index is 0.0116. The molecule has 0 aliphatic heterocycles. The van der Waals surface area contributed by atoms with E-state index < -0.39 is 0 Å². The molecule has 0 saturated carbocycles. The van der Waals surface area contributed by atoms with Crippen molar-refractivity contribution in [1.29, 1.82) is 0 Å². The van der Waals surface area contributed by atoms with Gasteiger partial charge in [-0.05, 0) is 45.8 Å². The van der Waals surface area contributed by atoms with Crippen LogP contribution in [0, 0.1) is 0 Å². The summed E-state index contributed by atoms with van der Waals surface area (Å²) in [5.41, 5.74) is 0.153. The van der Waals surface area contributed by atoms with Crippen LogP contribution in [0.25, 0.3) is 0 Å². The lowest BCUT2D eigenvalue weighted by atomic mass is 9.99. The predicted molar refractivity (Wildman–Crippen MR) is 59.6 cm³/mol. The van der Waals surface area contributed by atoms with Crippen LogP contribution in [0.4, 0.5) is 0 Å². The van der Waals surface area contributed by atoms with Crippen LogP contribution >= 0.6 is 11.8 Å². The molecule has 0 aromatic carbocycles. The molecule has 0 amide bonds. The summed E-state index contributed by atoms with van der Waals surface area (Å²) in [6.07, 6.45) is 2.06. The van der Waals surface area contributed by atoms with Gasteiger partial charge in [0.1, 0.15) is 0 Å². The molecule has 0 aromatic heterocycles. The van der Waals surface area contributed by atoms with E-state index in [1.165, 1.54) is 4.91 Å². The van der Waals surface area contributed by atoms with Crippen LogP contribution in [0.15, 0.2) is 11.5 Å². The van der Waals surface area contributed by atoms with Gasteiger partial charge in [-0.3, -0.25) is 0 Å². The van der Waals surface area contributed by atoms with E-state index >= 15 is 0 Å². The maximum atomic E-state index is 4.03. The van der Waals surface area contributed by atoms with E-state index in [1.807, 2.05) is 0 Å². The van der Waals surface area contributed by atoms with Crippen molar-refractivity contribution < 1.29 is 0 Å². The average molecular weight is 187 g/mol. The van der Waals surface area contributed by atoms with E-state index in [1.54, 1.807) is 11.8 Å². The van der Waals surface area contributed by atoms with E-state index in [4.69, 9.17) is 0 Å². The smallest absolute Gasteiger partial charge is 0.0435 e. The van der Waals surface area contributed by atoms with E-state index in [-0.39, 0.29) is 11.1 Å². The lowest BCUT2D eigenvalue weighted by Crippen LogP contribution is -2.50. The maximum Gasteiger partial charge on any atom is 0.0435 e. The van der Waals surface area contributed by atoms with Crippen LogP contribution in [-0.2, 0) is 0 Å². The first kappa shape index (κ1) is 12.0. The van der Waals surface area contributed by atoms with Gasteiger partial charge < -0.3 is 5.32 Å². The lowest BCUT2D eigenvalue weighted by Gasteiger charge is -2.35. The fourth-order valence-electron chi connectivity index (χ4n) is 1.26. The SMILES string of the molecule is C=C(SC)C(C)(C)NC(C)(C)C. The van der Waals surface area contributed by atoms with Crippen LogP contribution < -0.4 is 5.32 Å². The number of thioether (sulfide) groups is 1. The molecule has 0 aliphatic rings. The van der Waals surface area contributed by atoms with Crippen molar-refractivity contribution in [3.63, 3.8) is 0 Å². The second kappa shape index (κ2) is 3.84. The predicted octanol–water partition coefficient (Wildman–Crippen LogP) is 3.03. The first-order valence-corrected chi connectivity index (χ1v) is 5.44. The van der Waals surface area contributed by atoms with Gasteiger partial charge in [-0.25, -0.2) is 0 Å². The van der Waals surface area contributed by atoms with Crippen LogP contribution in [0.5, 0.6) is 0 Å². The standard InChI is InChI=1S/C10H21NS/c1-8(12-7)10(5,6)11-9(2,3)4/h11H,1H2,2-7H3. The second-order valence-corrected chi connectivity index (χ2v) is 5.53. The van der Waals surface area contributed by atoms with Gasteiger partial charge >= 0.3 is 0 Å². The van der Waals surface area contributed by atoms with Crippen molar-refractivity contribution in [2.45, 2.75) is 45.7 Å². The van der Waals surface area contributed by atoms with E-state index in [0.29, 0.717) is 0 Å². The molecule has 1 N–H and O–H groups in total. The molecule has 0 heterocycles. The minimum Gasteiger partial charge on any atom is -0.303 e. The Balaban J connectivity index is 4.32. The quantitative estimate of drug-likeness (QED) is 0.729. The topological polar surface area (TPSA) is 12.0 Å². The zero-order valence-corrected chi connectivity index (χ0v) is 9.93. The molecule has 1 nitrogen and oxygen atoms in total. The molecule has 0 unspecified atom stereocenters. The molecule has 0 spiro atoms. The van der Waals surface area contributed by atoms with Crippen molar-refractivity contribution in [2.24, 2.45) is 0 Å². The summed E-state index contributed by atoms with van der Waals surface area (Å²) in [4.78, 5) is 1.18. The largest absolute Gasteiger partial charge is 0.303 e. The Morgan fingerprint density at radius 1 is 1.17 bits per heavy atom. The Morgan fingerprint density at radius 2 is 1.58 bits per heavy atom. The van der Waals surface area contributed by atoms with Crippen molar-refractivity contribution in [2.75, 3.05) is 6.26 Å². The third-order valence-electron chi connectivity index (χ3n) is 1.63. The number of rotatable bonds is 3. The highest BCUT2D eigenvalue weighted by molar-refractivity contribution is 8.02. The molecule has 0 radical (unpaired) electrons. The van der Waals surface area contributed by atoms with Crippen molar-refractivity contribution in [1.82, 2.24) is 5.32 Å². The molecular formula is C10H21NS. The van der Waals surface area contributed by atoms with Crippen LogP contribution in [-0.4, -0.2) is 17.3 Å². The molecule has 72 valence electrons. The van der Waals surface area contributed by atoms with Gasteiger partial charge in [0, 0.05) is 11.1 Å². The monoisotopic (exact) mass is 187 g/mol.